The first-order valence-electron chi connectivity index (χ1n) is 13.2. The summed E-state index contributed by atoms with van der Waals surface area (Å²) >= 11 is 0. The quantitative estimate of drug-likeness (QED) is 0.164. The molecule has 182 valence electrons. The molecule has 0 spiro atoms. The van der Waals surface area contributed by atoms with Gasteiger partial charge in [-0.25, -0.2) is 0 Å². The highest BCUT2D eigenvalue weighted by Gasteiger charge is 2.27. The zero-order valence-electron chi connectivity index (χ0n) is 21.1. The number of nitrogens with zero attached hydrogens (tertiary/aromatic N) is 3. The lowest BCUT2D eigenvalue weighted by Gasteiger charge is -2.15. The van der Waals surface area contributed by atoms with Crippen molar-refractivity contribution in [2.75, 3.05) is 0 Å². The summed E-state index contributed by atoms with van der Waals surface area (Å²) in [5.41, 5.74) is 7.93. The summed E-state index contributed by atoms with van der Waals surface area (Å²) < 4.78 is 9.16. The largest absolute Gasteiger partial charge is 0.455 e. The van der Waals surface area contributed by atoms with Crippen molar-refractivity contribution < 1.29 is 4.42 Å². The van der Waals surface area contributed by atoms with Gasteiger partial charge in [0, 0.05) is 37.9 Å². The summed E-state index contributed by atoms with van der Waals surface area (Å²) in [7, 11) is 0. The Bertz CT molecular complexity index is 2600. The van der Waals surface area contributed by atoms with Gasteiger partial charge >= 0.3 is 0 Å². The van der Waals surface area contributed by atoms with E-state index >= 15 is 0 Å². The monoisotopic (exact) mass is 507 g/mol. The molecule has 0 atom stereocenters. The van der Waals surface area contributed by atoms with Crippen molar-refractivity contribution >= 4 is 70.8 Å². The van der Waals surface area contributed by atoms with Crippen molar-refractivity contribution in [3.05, 3.63) is 114 Å². The Kier molecular flexibility index (Phi) is 3.90. The lowest BCUT2D eigenvalue weighted by atomic mass is 9.91. The van der Waals surface area contributed by atoms with E-state index in [0.717, 1.165) is 81.9 Å². The Morgan fingerprint density at radius 1 is 0.575 bits per heavy atom. The van der Waals surface area contributed by atoms with Gasteiger partial charge in [-0.3, -0.25) is 0 Å². The highest BCUT2D eigenvalue weighted by atomic mass is 16.3. The molecule has 0 bridgehead atoms. The predicted molar refractivity (Wildman–Crippen MR) is 161 cm³/mol. The minimum Gasteiger partial charge on any atom is -0.455 e. The van der Waals surface area contributed by atoms with Gasteiger partial charge < -0.3 is 8.82 Å². The minimum absolute atomic E-state index is 0.595. The first-order chi connectivity index (χ1) is 19.8. The second-order valence-corrected chi connectivity index (χ2v) is 10.3. The minimum atomic E-state index is 0.595. The van der Waals surface area contributed by atoms with E-state index < -0.39 is 0 Å². The van der Waals surface area contributed by atoms with E-state index in [9.17, 15) is 10.5 Å². The SMILES string of the molecule is N#Cc1ccc2c3c(-c4ccccc4)c4oc5cccc6cccc(c65)c4c4c5ccc(C#N)cc5n(c2c1)c34. The molecule has 0 fully saturated rings. The first kappa shape index (κ1) is 21.1. The van der Waals surface area contributed by atoms with Crippen LogP contribution in [0.15, 0.2) is 108 Å². The average molecular weight is 508 g/mol. The molecule has 9 aromatic rings. The van der Waals surface area contributed by atoms with Crippen LogP contribution in [0.2, 0.25) is 0 Å². The molecular weight excluding hydrogens is 490 g/mol. The van der Waals surface area contributed by atoms with E-state index in [1.807, 2.05) is 48.5 Å². The Labute approximate surface area is 227 Å². The van der Waals surface area contributed by atoms with Gasteiger partial charge in [-0.2, -0.15) is 10.5 Å². The molecule has 0 radical (unpaired) electrons. The maximum Gasteiger partial charge on any atom is 0.144 e. The van der Waals surface area contributed by atoms with Gasteiger partial charge in [-0.1, -0.05) is 72.8 Å². The van der Waals surface area contributed by atoms with Crippen molar-refractivity contribution in [3.8, 4) is 23.3 Å². The van der Waals surface area contributed by atoms with E-state index in [1.165, 1.54) is 0 Å². The van der Waals surface area contributed by atoms with Crippen molar-refractivity contribution in [1.29, 1.82) is 10.5 Å². The van der Waals surface area contributed by atoms with E-state index in [1.54, 1.807) is 0 Å². The van der Waals surface area contributed by atoms with Gasteiger partial charge in [-0.05, 0) is 46.7 Å². The highest BCUT2D eigenvalue weighted by molar-refractivity contribution is 6.40. The maximum atomic E-state index is 9.80. The molecule has 9 rings (SSSR count). The molecule has 3 heterocycles. The Morgan fingerprint density at radius 3 is 1.95 bits per heavy atom. The number of fused-ring (bicyclic) bond motifs is 9. The highest BCUT2D eigenvalue weighted by Crippen LogP contribution is 2.51. The van der Waals surface area contributed by atoms with E-state index in [4.69, 9.17) is 4.42 Å². The lowest BCUT2D eigenvalue weighted by molar-refractivity contribution is 0.664. The molecule has 0 N–H and O–H groups in total. The van der Waals surface area contributed by atoms with Crippen LogP contribution in [0, 0.1) is 22.7 Å². The van der Waals surface area contributed by atoms with E-state index in [0.29, 0.717) is 11.1 Å². The average Bonchev–Trinajstić information content (AvgIpc) is 3.52. The molecule has 3 aromatic heterocycles. The fourth-order valence-electron chi connectivity index (χ4n) is 6.78. The molecule has 0 aliphatic rings. The Balaban J connectivity index is 1.72. The van der Waals surface area contributed by atoms with Gasteiger partial charge in [0.15, 0.2) is 0 Å². The fourth-order valence-corrected chi connectivity index (χ4v) is 6.78. The molecule has 0 aliphatic heterocycles. The predicted octanol–water partition coefficient (Wildman–Crippen LogP) is 9.30. The third-order valence-electron chi connectivity index (χ3n) is 8.34. The van der Waals surface area contributed by atoms with Crippen molar-refractivity contribution in [2.24, 2.45) is 0 Å². The van der Waals surface area contributed by atoms with Crippen molar-refractivity contribution in [3.63, 3.8) is 0 Å². The van der Waals surface area contributed by atoms with Gasteiger partial charge in [0.25, 0.3) is 0 Å². The van der Waals surface area contributed by atoms with Crippen LogP contribution in [0.5, 0.6) is 0 Å². The molecule has 6 aromatic carbocycles. The normalized spacial score (nSPS) is 11.9. The maximum absolute atomic E-state index is 9.80. The number of rotatable bonds is 1. The van der Waals surface area contributed by atoms with Gasteiger partial charge in [-0.15, -0.1) is 0 Å². The Morgan fingerprint density at radius 2 is 1.25 bits per heavy atom. The smallest absolute Gasteiger partial charge is 0.144 e. The summed E-state index contributed by atoms with van der Waals surface area (Å²) in [6, 6.07) is 39.4. The number of aromatic nitrogens is 1. The molecule has 0 aliphatic carbocycles. The summed E-state index contributed by atoms with van der Waals surface area (Å²) in [6.07, 6.45) is 0. The Hall–Kier alpha value is -5.84. The molecule has 40 heavy (non-hydrogen) atoms. The molecular formula is C36H17N3O. The fraction of sp³-hybridized carbons (Fsp3) is 0. The molecule has 0 saturated heterocycles. The number of nitriles is 2. The number of benzene rings is 6. The van der Waals surface area contributed by atoms with E-state index in [-0.39, 0.29) is 0 Å². The van der Waals surface area contributed by atoms with Crippen LogP contribution in [0.1, 0.15) is 11.1 Å². The van der Waals surface area contributed by atoms with Crippen LogP contribution in [0.25, 0.3) is 81.9 Å². The third-order valence-corrected chi connectivity index (χ3v) is 8.34. The van der Waals surface area contributed by atoms with Crippen molar-refractivity contribution in [1.82, 2.24) is 4.40 Å². The summed E-state index contributed by atoms with van der Waals surface area (Å²) in [5, 5.41) is 28.3. The molecule has 4 nitrogen and oxygen atoms in total. The van der Waals surface area contributed by atoms with Crippen LogP contribution in [0.4, 0.5) is 0 Å². The topological polar surface area (TPSA) is 65.1 Å². The van der Waals surface area contributed by atoms with Gasteiger partial charge in [0.1, 0.15) is 11.2 Å². The number of hydrogen-bond donors (Lipinski definition) is 0. The zero-order valence-corrected chi connectivity index (χ0v) is 21.1. The molecule has 0 amide bonds. The third kappa shape index (κ3) is 2.48. The van der Waals surface area contributed by atoms with Crippen LogP contribution in [-0.2, 0) is 0 Å². The van der Waals surface area contributed by atoms with Crippen LogP contribution >= 0.6 is 0 Å². The molecule has 4 heteroatoms. The summed E-state index contributed by atoms with van der Waals surface area (Å²) in [5.74, 6) is 0. The van der Waals surface area contributed by atoms with Crippen molar-refractivity contribution in [2.45, 2.75) is 0 Å². The van der Waals surface area contributed by atoms with Gasteiger partial charge in [0.2, 0.25) is 0 Å². The first-order valence-corrected chi connectivity index (χ1v) is 13.2. The lowest BCUT2D eigenvalue weighted by Crippen LogP contribution is -1.89. The van der Waals surface area contributed by atoms with E-state index in [2.05, 4.69) is 71.1 Å². The molecule has 0 unspecified atom stereocenters. The second-order valence-electron chi connectivity index (χ2n) is 10.3. The second kappa shape index (κ2) is 7.38. The molecule has 0 saturated carbocycles. The van der Waals surface area contributed by atoms with Crippen LogP contribution in [0.3, 0.4) is 0 Å². The zero-order chi connectivity index (χ0) is 26.5. The van der Waals surface area contributed by atoms with Crippen LogP contribution < -0.4 is 0 Å². The number of hydrogen-bond acceptors (Lipinski definition) is 3. The summed E-state index contributed by atoms with van der Waals surface area (Å²) in [4.78, 5) is 0. The van der Waals surface area contributed by atoms with Crippen LogP contribution in [-0.4, -0.2) is 4.40 Å². The summed E-state index contributed by atoms with van der Waals surface area (Å²) in [6.45, 7) is 0. The van der Waals surface area contributed by atoms with Gasteiger partial charge in [0.05, 0.1) is 39.8 Å². The standard InChI is InChI=1S/C36H17N3O/c37-18-20-12-14-24-27(16-20)39-28-17-21(19-38)13-15-25(28)33-34-26-10-4-8-22-9-5-11-29(30(22)26)40-36(34)31(32(24)35(33)39)23-6-2-1-3-7-23/h1-17H.